The number of nitrogens with zero attached hydrogens (tertiary/aromatic N) is 6. The van der Waals surface area contributed by atoms with Crippen molar-refractivity contribution in [1.82, 2.24) is 29.7 Å². The molecule has 0 fully saturated rings. The number of aromatic nitrogens is 6. The molecule has 0 bridgehead atoms. The van der Waals surface area contributed by atoms with Crippen LogP contribution in [0.3, 0.4) is 0 Å². The number of pyridine rings is 1. The number of aryl methyl sites for hydroxylation is 1. The predicted molar refractivity (Wildman–Crippen MR) is 111 cm³/mol. The number of ether oxygens (including phenoxy) is 1. The molecule has 0 radical (unpaired) electrons. The van der Waals surface area contributed by atoms with Gasteiger partial charge in [-0.25, -0.2) is 19.6 Å². The van der Waals surface area contributed by atoms with E-state index in [4.69, 9.17) is 5.73 Å². The number of anilines is 3. The van der Waals surface area contributed by atoms with E-state index in [1.54, 1.807) is 30.1 Å². The lowest BCUT2D eigenvalue weighted by molar-refractivity contribution is -0.154. The minimum Gasteiger partial charge on any atom is -0.468 e. The van der Waals surface area contributed by atoms with Crippen molar-refractivity contribution in [2.24, 2.45) is 7.05 Å². The number of hydrogen-bond acceptors (Lipinski definition) is 8. The molecule has 12 heteroatoms. The topological polar surface area (TPSA) is 117 Å². The fourth-order valence-electron chi connectivity index (χ4n) is 2.76. The van der Waals surface area contributed by atoms with Gasteiger partial charge in [0.1, 0.15) is 0 Å². The maximum Gasteiger partial charge on any atom is 0.422 e. The Morgan fingerprint density at radius 2 is 1.75 bits per heavy atom. The number of halogens is 3. The SMILES string of the molecule is Cn1nc(-c2ccc(OCC(F)(F)F)nc2)nc1Nc1ccc(-c2ccnc(N)n2)cc1. The number of alkyl halides is 3. The summed E-state index contributed by atoms with van der Waals surface area (Å²) in [6.07, 6.45) is -1.48. The average Bonchev–Trinajstić information content (AvgIpc) is 3.13. The summed E-state index contributed by atoms with van der Waals surface area (Å²) >= 11 is 0. The highest BCUT2D eigenvalue weighted by molar-refractivity contribution is 5.65. The second kappa shape index (κ2) is 8.49. The zero-order chi connectivity index (χ0) is 22.7. The van der Waals surface area contributed by atoms with Gasteiger partial charge >= 0.3 is 6.18 Å². The summed E-state index contributed by atoms with van der Waals surface area (Å²) in [5, 5.41) is 7.48. The van der Waals surface area contributed by atoms with E-state index in [2.05, 4.69) is 35.1 Å². The Balaban J connectivity index is 1.46. The van der Waals surface area contributed by atoms with Crippen LogP contribution in [-0.4, -0.2) is 42.5 Å². The van der Waals surface area contributed by atoms with Gasteiger partial charge in [0.05, 0.1) is 5.69 Å². The maximum absolute atomic E-state index is 12.2. The molecule has 0 saturated carbocycles. The molecule has 1 aromatic carbocycles. The van der Waals surface area contributed by atoms with E-state index in [-0.39, 0.29) is 11.8 Å². The number of nitrogens with two attached hydrogens (primary N) is 1. The minimum absolute atomic E-state index is 0.133. The molecule has 0 aliphatic heterocycles. The van der Waals surface area contributed by atoms with Crippen LogP contribution in [0.4, 0.5) is 30.8 Å². The van der Waals surface area contributed by atoms with Gasteiger partial charge in [0.2, 0.25) is 17.8 Å². The van der Waals surface area contributed by atoms with E-state index in [1.165, 1.54) is 12.3 Å². The molecule has 0 aliphatic carbocycles. The molecule has 32 heavy (non-hydrogen) atoms. The quantitative estimate of drug-likeness (QED) is 0.465. The van der Waals surface area contributed by atoms with Crippen molar-refractivity contribution >= 4 is 17.6 Å². The summed E-state index contributed by atoms with van der Waals surface area (Å²) in [4.78, 5) is 16.4. The highest BCUT2D eigenvalue weighted by Crippen LogP contribution is 2.24. The summed E-state index contributed by atoms with van der Waals surface area (Å²) in [5.41, 5.74) is 8.51. The van der Waals surface area contributed by atoms with Gasteiger partial charge in [-0.15, -0.1) is 5.10 Å². The Morgan fingerprint density at radius 1 is 1.00 bits per heavy atom. The molecule has 0 atom stereocenters. The van der Waals surface area contributed by atoms with Gasteiger partial charge in [0.15, 0.2) is 12.4 Å². The van der Waals surface area contributed by atoms with E-state index < -0.39 is 12.8 Å². The molecule has 4 aromatic rings. The number of benzene rings is 1. The van der Waals surface area contributed by atoms with Gasteiger partial charge in [0, 0.05) is 42.3 Å². The Kier molecular flexibility index (Phi) is 5.58. The summed E-state index contributed by atoms with van der Waals surface area (Å²) in [6.45, 7) is -1.40. The summed E-state index contributed by atoms with van der Waals surface area (Å²) in [5.74, 6) is 0.894. The first-order valence-corrected chi connectivity index (χ1v) is 9.30. The van der Waals surface area contributed by atoms with Crippen LogP contribution in [0.2, 0.25) is 0 Å². The van der Waals surface area contributed by atoms with Crippen LogP contribution in [0, 0.1) is 0 Å². The Labute approximate surface area is 180 Å². The predicted octanol–water partition coefficient (Wildman–Crippen LogP) is 3.60. The highest BCUT2D eigenvalue weighted by atomic mass is 19.4. The second-order valence-corrected chi connectivity index (χ2v) is 6.67. The molecule has 4 rings (SSSR count). The molecule has 0 aliphatic rings. The maximum atomic E-state index is 12.2. The lowest BCUT2D eigenvalue weighted by atomic mass is 10.1. The molecule has 0 amide bonds. The average molecular weight is 442 g/mol. The normalized spacial score (nSPS) is 11.4. The first-order valence-electron chi connectivity index (χ1n) is 9.30. The number of nitrogen functional groups attached to an aromatic ring is 1. The summed E-state index contributed by atoms with van der Waals surface area (Å²) in [6, 6.07) is 12.1. The molecule has 3 heterocycles. The Hall–Kier alpha value is -4.22. The van der Waals surface area contributed by atoms with Crippen LogP contribution >= 0.6 is 0 Å². The van der Waals surface area contributed by atoms with Crippen molar-refractivity contribution < 1.29 is 17.9 Å². The van der Waals surface area contributed by atoms with E-state index in [0.717, 1.165) is 11.3 Å². The zero-order valence-corrected chi connectivity index (χ0v) is 16.7. The van der Waals surface area contributed by atoms with Gasteiger partial charge < -0.3 is 15.8 Å². The number of rotatable bonds is 6. The fourth-order valence-corrected chi connectivity index (χ4v) is 2.76. The standard InChI is InChI=1S/C20H17F3N8O/c1-31-19(27-14-5-2-12(3-6-14)15-8-9-25-18(24)28-15)29-17(30-31)13-4-7-16(26-10-13)32-11-20(21,22)23/h2-10H,11H2,1H3,(H2,24,25,28)(H,27,29,30). The van der Waals surface area contributed by atoms with Crippen molar-refractivity contribution in [3.05, 3.63) is 54.9 Å². The molecule has 3 aromatic heterocycles. The summed E-state index contributed by atoms with van der Waals surface area (Å²) < 4.78 is 42.9. The number of hydrogen-bond donors (Lipinski definition) is 2. The van der Waals surface area contributed by atoms with E-state index in [0.29, 0.717) is 23.0 Å². The van der Waals surface area contributed by atoms with Crippen molar-refractivity contribution in [3.63, 3.8) is 0 Å². The van der Waals surface area contributed by atoms with E-state index in [9.17, 15) is 13.2 Å². The molecule has 3 N–H and O–H groups in total. The smallest absolute Gasteiger partial charge is 0.422 e. The first-order chi connectivity index (χ1) is 15.3. The van der Waals surface area contributed by atoms with Gasteiger partial charge in [-0.05, 0) is 24.3 Å². The first kappa shape index (κ1) is 21.0. The van der Waals surface area contributed by atoms with Gasteiger partial charge in [-0.3, -0.25) is 0 Å². The molecule has 0 saturated heterocycles. The van der Waals surface area contributed by atoms with Crippen LogP contribution in [-0.2, 0) is 7.05 Å². The molecular weight excluding hydrogens is 425 g/mol. The minimum atomic E-state index is -4.43. The van der Waals surface area contributed by atoms with Crippen molar-refractivity contribution in [1.29, 1.82) is 0 Å². The summed E-state index contributed by atoms with van der Waals surface area (Å²) in [7, 11) is 1.71. The Bertz CT molecular complexity index is 1210. The van der Waals surface area contributed by atoms with Gasteiger partial charge in [0.25, 0.3) is 0 Å². The monoisotopic (exact) mass is 442 g/mol. The lowest BCUT2D eigenvalue weighted by Gasteiger charge is -2.07. The zero-order valence-electron chi connectivity index (χ0n) is 16.7. The third kappa shape index (κ3) is 5.09. The Morgan fingerprint density at radius 3 is 2.41 bits per heavy atom. The fraction of sp³-hybridized carbons (Fsp3) is 0.150. The largest absolute Gasteiger partial charge is 0.468 e. The van der Waals surface area contributed by atoms with Crippen LogP contribution in [0.1, 0.15) is 0 Å². The van der Waals surface area contributed by atoms with Crippen LogP contribution in [0.5, 0.6) is 5.88 Å². The van der Waals surface area contributed by atoms with Crippen LogP contribution in [0.15, 0.2) is 54.9 Å². The second-order valence-electron chi connectivity index (χ2n) is 6.67. The van der Waals surface area contributed by atoms with Crippen molar-refractivity contribution in [2.75, 3.05) is 17.7 Å². The molecule has 0 unspecified atom stereocenters. The van der Waals surface area contributed by atoms with Crippen LogP contribution in [0.25, 0.3) is 22.6 Å². The van der Waals surface area contributed by atoms with Gasteiger partial charge in [-0.1, -0.05) is 12.1 Å². The highest BCUT2D eigenvalue weighted by Gasteiger charge is 2.28. The molecule has 0 spiro atoms. The third-order valence-corrected chi connectivity index (χ3v) is 4.25. The lowest BCUT2D eigenvalue weighted by Crippen LogP contribution is -2.19. The van der Waals surface area contributed by atoms with E-state index in [1.807, 2.05) is 24.3 Å². The van der Waals surface area contributed by atoms with Crippen molar-refractivity contribution in [2.45, 2.75) is 6.18 Å². The number of nitrogens with one attached hydrogen (secondary N) is 1. The van der Waals surface area contributed by atoms with Gasteiger partial charge in [-0.2, -0.15) is 18.2 Å². The van der Waals surface area contributed by atoms with E-state index >= 15 is 0 Å². The van der Waals surface area contributed by atoms with Crippen LogP contribution < -0.4 is 15.8 Å². The third-order valence-electron chi connectivity index (χ3n) is 4.25. The molecule has 9 nitrogen and oxygen atoms in total. The molecule has 164 valence electrons. The van der Waals surface area contributed by atoms with Crippen molar-refractivity contribution in [3.8, 4) is 28.5 Å². The molecular formula is C20H17F3N8O.